The van der Waals surface area contributed by atoms with E-state index in [1.807, 2.05) is 48.5 Å². The predicted octanol–water partition coefficient (Wildman–Crippen LogP) is 4.52. The number of hydrogen-bond acceptors (Lipinski definition) is 3. The Labute approximate surface area is 171 Å². The van der Waals surface area contributed by atoms with Crippen molar-refractivity contribution in [1.82, 2.24) is 4.90 Å². The summed E-state index contributed by atoms with van der Waals surface area (Å²) in [5.74, 6) is -4.72. The lowest BCUT2D eigenvalue weighted by molar-refractivity contribution is -0.192. The Bertz CT molecular complexity index is 929. The number of fused-ring (bicyclic) bond motifs is 3. The van der Waals surface area contributed by atoms with Crippen molar-refractivity contribution in [2.45, 2.75) is 18.5 Å². The van der Waals surface area contributed by atoms with E-state index in [9.17, 15) is 27.9 Å². The Hall–Kier alpha value is -3.03. The zero-order chi connectivity index (χ0) is 21.5. The van der Waals surface area contributed by atoms with Crippen LogP contribution in [0.2, 0.25) is 0 Å². The molecule has 0 spiro atoms. The first-order valence-electron chi connectivity index (χ1n) is 9.65. The van der Waals surface area contributed by atoms with Gasteiger partial charge in [0.25, 0.3) is 0 Å². The average molecular weight is 419 g/mol. The van der Waals surface area contributed by atoms with Crippen LogP contribution in [-0.2, 0) is 9.53 Å². The smallest absolute Gasteiger partial charge is 0.409 e. The highest BCUT2D eigenvalue weighted by Crippen LogP contribution is 2.44. The van der Waals surface area contributed by atoms with Crippen molar-refractivity contribution < 1.29 is 32.6 Å². The van der Waals surface area contributed by atoms with Crippen molar-refractivity contribution in [1.29, 1.82) is 0 Å². The zero-order valence-corrected chi connectivity index (χ0v) is 15.9. The van der Waals surface area contributed by atoms with Crippen molar-refractivity contribution in [2.24, 2.45) is 11.8 Å². The van der Waals surface area contributed by atoms with Crippen LogP contribution in [0.3, 0.4) is 0 Å². The van der Waals surface area contributed by atoms with Gasteiger partial charge in [-0.25, -0.2) is 4.79 Å². The monoisotopic (exact) mass is 419 g/mol. The molecule has 1 N–H and O–H groups in total. The van der Waals surface area contributed by atoms with E-state index in [4.69, 9.17) is 4.74 Å². The van der Waals surface area contributed by atoms with E-state index < -0.39 is 43.0 Å². The largest absolute Gasteiger partial charge is 0.481 e. The number of ether oxygens (including phenoxy) is 1. The highest BCUT2D eigenvalue weighted by atomic mass is 19.4. The molecule has 158 valence electrons. The zero-order valence-electron chi connectivity index (χ0n) is 15.9. The summed E-state index contributed by atoms with van der Waals surface area (Å²) in [5.41, 5.74) is 4.05. The summed E-state index contributed by atoms with van der Waals surface area (Å²) >= 11 is 0. The van der Waals surface area contributed by atoms with Crippen LogP contribution in [0, 0.1) is 11.8 Å². The topological polar surface area (TPSA) is 66.8 Å². The van der Waals surface area contributed by atoms with E-state index >= 15 is 0 Å². The summed E-state index contributed by atoms with van der Waals surface area (Å²) in [6, 6.07) is 15.4. The molecule has 1 saturated heterocycles. The van der Waals surface area contributed by atoms with Crippen molar-refractivity contribution in [2.75, 3.05) is 19.7 Å². The molecular formula is C22H20F3NO4. The van der Waals surface area contributed by atoms with Gasteiger partial charge in [-0.1, -0.05) is 48.5 Å². The number of likely N-dealkylation sites (tertiary alicyclic amines) is 1. The molecule has 4 rings (SSSR count). The normalized spacial score (nSPS) is 21.1. The molecule has 1 fully saturated rings. The van der Waals surface area contributed by atoms with Crippen LogP contribution in [0.15, 0.2) is 48.5 Å². The van der Waals surface area contributed by atoms with Gasteiger partial charge in [-0.3, -0.25) is 4.79 Å². The summed E-state index contributed by atoms with van der Waals surface area (Å²) in [6.07, 6.45) is -6.03. The summed E-state index contributed by atoms with van der Waals surface area (Å²) in [6.45, 7) is -0.916. The molecule has 0 radical (unpaired) electrons. The Balaban J connectivity index is 1.50. The Morgan fingerprint density at radius 2 is 1.57 bits per heavy atom. The van der Waals surface area contributed by atoms with Crippen LogP contribution < -0.4 is 0 Å². The van der Waals surface area contributed by atoms with Crippen molar-refractivity contribution >= 4 is 12.1 Å². The second kappa shape index (κ2) is 7.66. The fraction of sp³-hybridized carbons (Fsp3) is 0.364. The quantitative estimate of drug-likeness (QED) is 0.795. The third-order valence-corrected chi connectivity index (χ3v) is 5.86. The number of carbonyl (C=O) groups excluding carboxylic acids is 1. The van der Waals surface area contributed by atoms with Crippen LogP contribution >= 0.6 is 0 Å². The molecule has 2 aromatic carbocycles. The minimum Gasteiger partial charge on any atom is -0.481 e. The summed E-state index contributed by atoms with van der Waals surface area (Å²) in [7, 11) is 0. The van der Waals surface area contributed by atoms with Gasteiger partial charge in [-0.2, -0.15) is 13.2 Å². The molecule has 2 aliphatic rings. The van der Waals surface area contributed by atoms with Gasteiger partial charge in [0.15, 0.2) is 0 Å². The lowest BCUT2D eigenvalue weighted by Crippen LogP contribution is -2.50. The van der Waals surface area contributed by atoms with Gasteiger partial charge in [0.1, 0.15) is 6.61 Å². The number of hydrogen-bond donors (Lipinski definition) is 1. The molecule has 0 unspecified atom stereocenters. The van der Waals surface area contributed by atoms with Gasteiger partial charge in [0, 0.05) is 19.0 Å². The molecule has 2 aromatic rings. The Morgan fingerprint density at radius 1 is 1.00 bits per heavy atom. The standard InChI is InChI=1S/C22H20F3NO4/c23-22(24,25)14-9-13(20(27)28)10-26(11-14)21(29)30-12-19-17-7-3-1-5-15(17)16-6-2-4-8-18(16)19/h1-8,13-14,19H,9-12H2,(H,27,28)/t13-,14+/m0/s1. The molecule has 2 atom stereocenters. The van der Waals surface area contributed by atoms with E-state index in [-0.39, 0.29) is 19.1 Å². The first kappa shape index (κ1) is 20.3. The Kier molecular flexibility index (Phi) is 5.17. The van der Waals surface area contributed by atoms with Gasteiger partial charge in [0.2, 0.25) is 0 Å². The third kappa shape index (κ3) is 3.74. The van der Waals surface area contributed by atoms with Gasteiger partial charge >= 0.3 is 18.2 Å². The fourth-order valence-electron chi connectivity index (χ4n) is 4.35. The average Bonchev–Trinajstić information content (AvgIpc) is 3.05. The number of halogens is 3. The molecule has 1 aliphatic heterocycles. The number of aliphatic carboxylic acids is 1. The number of carboxylic acid groups (broad SMARTS) is 1. The molecule has 1 amide bonds. The fourth-order valence-corrected chi connectivity index (χ4v) is 4.35. The number of alkyl halides is 3. The van der Waals surface area contributed by atoms with Crippen molar-refractivity contribution in [3.8, 4) is 11.1 Å². The van der Waals surface area contributed by atoms with Crippen molar-refractivity contribution in [3.05, 3.63) is 59.7 Å². The lowest BCUT2D eigenvalue weighted by Gasteiger charge is -2.36. The van der Waals surface area contributed by atoms with Gasteiger partial charge < -0.3 is 14.7 Å². The van der Waals surface area contributed by atoms with Crippen LogP contribution in [0.4, 0.5) is 18.0 Å². The SMILES string of the molecule is O=C(O)[C@H]1C[C@@H](C(F)(F)F)CN(C(=O)OCC2c3ccccc3-c3ccccc32)C1. The molecular weight excluding hydrogens is 399 g/mol. The van der Waals surface area contributed by atoms with E-state index in [1.54, 1.807) is 0 Å². The molecule has 8 heteroatoms. The predicted molar refractivity (Wildman–Crippen MR) is 102 cm³/mol. The van der Waals surface area contributed by atoms with E-state index in [0.717, 1.165) is 27.2 Å². The Morgan fingerprint density at radius 3 is 2.10 bits per heavy atom. The minimum atomic E-state index is -4.57. The van der Waals surface area contributed by atoms with E-state index in [2.05, 4.69) is 0 Å². The molecule has 1 aliphatic carbocycles. The summed E-state index contributed by atoms with van der Waals surface area (Å²) < 4.78 is 45.0. The second-order valence-corrected chi connectivity index (χ2v) is 7.72. The second-order valence-electron chi connectivity index (χ2n) is 7.72. The first-order chi connectivity index (χ1) is 14.3. The lowest BCUT2D eigenvalue weighted by atomic mass is 9.89. The van der Waals surface area contributed by atoms with Gasteiger partial charge in [-0.15, -0.1) is 0 Å². The molecule has 0 bridgehead atoms. The number of amides is 1. The maximum absolute atomic E-state index is 13.2. The number of carboxylic acids is 1. The maximum atomic E-state index is 13.2. The van der Waals surface area contributed by atoms with Crippen LogP contribution in [0.5, 0.6) is 0 Å². The number of carbonyl (C=O) groups is 2. The van der Waals surface area contributed by atoms with Crippen LogP contribution in [0.1, 0.15) is 23.5 Å². The minimum absolute atomic E-state index is 0.0300. The van der Waals surface area contributed by atoms with Gasteiger partial charge in [0.05, 0.1) is 11.8 Å². The molecule has 0 aromatic heterocycles. The van der Waals surface area contributed by atoms with Crippen molar-refractivity contribution in [3.63, 3.8) is 0 Å². The van der Waals surface area contributed by atoms with Crippen LogP contribution in [-0.4, -0.2) is 47.9 Å². The molecule has 30 heavy (non-hydrogen) atoms. The molecule has 1 heterocycles. The molecule has 0 saturated carbocycles. The maximum Gasteiger partial charge on any atom is 0.409 e. The summed E-state index contributed by atoms with van der Waals surface area (Å²) in [5, 5.41) is 9.20. The molecule has 5 nitrogen and oxygen atoms in total. The highest BCUT2D eigenvalue weighted by Gasteiger charge is 2.47. The number of nitrogens with zero attached hydrogens (tertiary/aromatic N) is 1. The van der Waals surface area contributed by atoms with E-state index in [1.165, 1.54) is 0 Å². The third-order valence-electron chi connectivity index (χ3n) is 5.86. The number of benzene rings is 2. The van der Waals surface area contributed by atoms with Gasteiger partial charge in [-0.05, 0) is 28.7 Å². The summed E-state index contributed by atoms with van der Waals surface area (Å²) in [4.78, 5) is 24.7. The first-order valence-corrected chi connectivity index (χ1v) is 9.65. The van der Waals surface area contributed by atoms with Crippen LogP contribution in [0.25, 0.3) is 11.1 Å². The highest BCUT2D eigenvalue weighted by molar-refractivity contribution is 5.79. The number of rotatable bonds is 3. The number of piperidine rings is 1. The van der Waals surface area contributed by atoms with E-state index in [0.29, 0.717) is 0 Å².